The highest BCUT2D eigenvalue weighted by atomic mass is 16.7. The fourth-order valence-electron chi connectivity index (χ4n) is 4.01. The van der Waals surface area contributed by atoms with Crippen molar-refractivity contribution in [3.63, 3.8) is 0 Å². The van der Waals surface area contributed by atoms with E-state index in [0.29, 0.717) is 36.3 Å². The Hall–Kier alpha value is -5.16. The molecule has 3 aromatic carbocycles. The molecule has 40 heavy (non-hydrogen) atoms. The van der Waals surface area contributed by atoms with Crippen molar-refractivity contribution in [2.45, 2.75) is 19.3 Å². The first-order chi connectivity index (χ1) is 19.4. The van der Waals surface area contributed by atoms with Gasteiger partial charge < -0.3 is 18.9 Å². The van der Waals surface area contributed by atoms with Gasteiger partial charge in [-0.2, -0.15) is 5.26 Å². The second-order valence-electron chi connectivity index (χ2n) is 8.92. The molecule has 0 aliphatic heterocycles. The lowest BCUT2D eigenvalue weighted by molar-refractivity contribution is -0.138. The van der Waals surface area contributed by atoms with Gasteiger partial charge in [-0.3, -0.25) is 4.79 Å². The quantitative estimate of drug-likeness (QED) is 0.123. The first-order valence-electron chi connectivity index (χ1n) is 12.7. The van der Waals surface area contributed by atoms with Crippen LogP contribution in [0.3, 0.4) is 0 Å². The van der Waals surface area contributed by atoms with Gasteiger partial charge >= 0.3 is 18.1 Å². The molecule has 1 aliphatic carbocycles. The predicted molar refractivity (Wildman–Crippen MR) is 147 cm³/mol. The van der Waals surface area contributed by atoms with Crippen LogP contribution in [0.1, 0.15) is 24.8 Å². The van der Waals surface area contributed by atoms with Crippen LogP contribution in [0.25, 0.3) is 23.3 Å². The Bertz CT molecular complexity index is 1550. The van der Waals surface area contributed by atoms with Gasteiger partial charge in [-0.1, -0.05) is 49.1 Å². The van der Waals surface area contributed by atoms with Crippen LogP contribution in [0.4, 0.5) is 4.79 Å². The minimum Gasteiger partial charge on any atom is -0.463 e. The number of rotatable bonds is 10. The molecule has 1 atom stereocenters. The third-order valence-corrected chi connectivity index (χ3v) is 6.12. The van der Waals surface area contributed by atoms with Crippen molar-refractivity contribution in [2.75, 3.05) is 13.2 Å². The molecule has 1 aliphatic rings. The molecule has 0 radical (unpaired) electrons. The number of carbonyl (C=O) groups excluding carboxylic acids is 3. The van der Waals surface area contributed by atoms with Crippen molar-refractivity contribution in [1.82, 2.24) is 0 Å². The maximum atomic E-state index is 12.8. The fraction of sp³-hybridized carbons (Fsp3) is 0.188. The number of nitrogens with zero attached hydrogens (tertiary/aromatic N) is 1. The highest BCUT2D eigenvalue weighted by Crippen LogP contribution is 2.24. The summed E-state index contributed by atoms with van der Waals surface area (Å²) in [6.07, 6.45) is 5.51. The number of esters is 2. The Balaban J connectivity index is 1.27. The van der Waals surface area contributed by atoms with Crippen molar-refractivity contribution >= 4 is 30.2 Å². The third-order valence-electron chi connectivity index (χ3n) is 6.12. The molecule has 0 aromatic heterocycles. The van der Waals surface area contributed by atoms with Gasteiger partial charge in [0.15, 0.2) is 0 Å². The van der Waals surface area contributed by atoms with Crippen molar-refractivity contribution in [2.24, 2.45) is 5.92 Å². The van der Waals surface area contributed by atoms with E-state index in [1.165, 1.54) is 0 Å². The van der Waals surface area contributed by atoms with Crippen LogP contribution in [-0.4, -0.2) is 31.3 Å². The zero-order chi connectivity index (χ0) is 28.3. The molecule has 0 saturated heterocycles. The van der Waals surface area contributed by atoms with Crippen molar-refractivity contribution < 1.29 is 33.3 Å². The number of ether oxygens (including phenoxy) is 4. The summed E-state index contributed by atoms with van der Waals surface area (Å²) in [5.74, 6) is -0.528. The first kappa shape index (κ1) is 27.9. The molecule has 0 bridgehead atoms. The van der Waals surface area contributed by atoms with Crippen LogP contribution < -0.4 is 19.9 Å². The van der Waals surface area contributed by atoms with Crippen LogP contribution in [0.15, 0.2) is 79.4 Å². The third kappa shape index (κ3) is 7.68. The first-order valence-corrected chi connectivity index (χ1v) is 12.7. The number of unbranched alkanes of at least 4 members (excludes halogenated alkanes) is 1. The fourth-order valence-corrected chi connectivity index (χ4v) is 4.01. The Labute approximate surface area is 231 Å². The van der Waals surface area contributed by atoms with E-state index in [1.807, 2.05) is 36.4 Å². The molecule has 0 spiro atoms. The molecule has 0 N–H and O–H groups in total. The Morgan fingerprint density at radius 1 is 0.850 bits per heavy atom. The minimum atomic E-state index is -0.825. The van der Waals surface area contributed by atoms with E-state index in [0.717, 1.165) is 27.6 Å². The molecule has 4 rings (SSSR count). The largest absolute Gasteiger partial charge is 0.513 e. The zero-order valence-corrected chi connectivity index (χ0v) is 21.7. The standard InChI is InChI=1S/C32H27NO7/c1-2-30(34)37-17-3-4-18-38-32(36)40-29-16-13-25-19-27(10-9-26(25)20-29)31(35)39-28-14-11-24(12-15-28)23-7-5-22(21-33)6-8-23/h2,5-9,11-16,19-20,27H,1,3-4,10,17-18H2. The molecule has 0 heterocycles. The summed E-state index contributed by atoms with van der Waals surface area (Å²) in [4.78, 5) is 35.8. The molecule has 8 heteroatoms. The summed E-state index contributed by atoms with van der Waals surface area (Å²) in [5, 5.41) is 10.6. The second-order valence-corrected chi connectivity index (χ2v) is 8.92. The van der Waals surface area contributed by atoms with E-state index in [4.69, 9.17) is 24.2 Å². The number of benzene rings is 3. The summed E-state index contributed by atoms with van der Waals surface area (Å²) in [6, 6.07) is 21.7. The van der Waals surface area contributed by atoms with Gasteiger partial charge in [-0.25, -0.2) is 9.59 Å². The Kier molecular flexibility index (Phi) is 9.46. The number of nitriles is 1. The van der Waals surface area contributed by atoms with E-state index in [-0.39, 0.29) is 19.2 Å². The van der Waals surface area contributed by atoms with Crippen molar-refractivity contribution in [3.8, 4) is 28.7 Å². The summed E-state index contributed by atoms with van der Waals surface area (Å²) in [6.45, 7) is 3.67. The Morgan fingerprint density at radius 2 is 1.50 bits per heavy atom. The molecule has 1 unspecified atom stereocenters. The monoisotopic (exact) mass is 537 g/mol. The van der Waals surface area contributed by atoms with E-state index in [1.54, 1.807) is 42.5 Å². The second kappa shape index (κ2) is 13.6. The molecule has 0 amide bonds. The lowest BCUT2D eigenvalue weighted by Crippen LogP contribution is -2.32. The average Bonchev–Trinajstić information content (AvgIpc) is 2.98. The van der Waals surface area contributed by atoms with Crippen LogP contribution in [0.2, 0.25) is 0 Å². The Morgan fingerprint density at radius 3 is 2.17 bits per heavy atom. The molecule has 202 valence electrons. The average molecular weight is 538 g/mol. The highest BCUT2D eigenvalue weighted by molar-refractivity contribution is 5.83. The van der Waals surface area contributed by atoms with Gasteiger partial charge in [0.25, 0.3) is 0 Å². The number of hydrogen-bond acceptors (Lipinski definition) is 8. The summed E-state index contributed by atoms with van der Waals surface area (Å²) in [5.41, 5.74) is 2.50. The number of carbonyl (C=O) groups is 3. The zero-order valence-electron chi connectivity index (χ0n) is 21.7. The van der Waals surface area contributed by atoms with Crippen LogP contribution in [0.5, 0.6) is 11.5 Å². The lowest BCUT2D eigenvalue weighted by Gasteiger charge is -2.14. The number of hydrogen-bond donors (Lipinski definition) is 0. The topological polar surface area (TPSA) is 112 Å². The maximum absolute atomic E-state index is 12.8. The molecule has 3 aromatic rings. The summed E-state index contributed by atoms with van der Waals surface area (Å²) < 4.78 is 20.8. The summed E-state index contributed by atoms with van der Waals surface area (Å²) >= 11 is 0. The predicted octanol–water partition coefficient (Wildman–Crippen LogP) is 4.44. The lowest BCUT2D eigenvalue weighted by atomic mass is 9.97. The molecule has 0 saturated carbocycles. The maximum Gasteiger partial charge on any atom is 0.513 e. The smallest absolute Gasteiger partial charge is 0.463 e. The van der Waals surface area contributed by atoms with Gasteiger partial charge in [0, 0.05) is 6.08 Å². The van der Waals surface area contributed by atoms with Crippen LogP contribution >= 0.6 is 0 Å². The van der Waals surface area contributed by atoms with Gasteiger partial charge in [-0.15, -0.1) is 0 Å². The van der Waals surface area contributed by atoms with Gasteiger partial charge in [0.2, 0.25) is 0 Å². The van der Waals surface area contributed by atoms with Crippen molar-refractivity contribution in [1.29, 1.82) is 5.26 Å². The number of fused-ring (bicyclic) bond motifs is 1. The molecule has 8 nitrogen and oxygen atoms in total. The normalized spacial score (nSPS) is 13.3. The van der Waals surface area contributed by atoms with Gasteiger partial charge in [-0.05, 0) is 77.2 Å². The minimum absolute atomic E-state index is 0.136. The van der Waals surface area contributed by atoms with E-state index in [9.17, 15) is 14.4 Å². The molecular formula is C32H27NO7. The van der Waals surface area contributed by atoms with Gasteiger partial charge in [0.05, 0.1) is 30.8 Å². The molecular weight excluding hydrogens is 510 g/mol. The van der Waals surface area contributed by atoms with Gasteiger partial charge in [0.1, 0.15) is 11.5 Å². The molecule has 0 fully saturated rings. The SMILES string of the molecule is C=CC(=O)OCCCCOC(=O)Oc1ccc2c(c1)=CCC(C(=O)Oc1ccc(-c3ccc(C#N)cc3)cc1)C=2. The van der Waals surface area contributed by atoms with E-state index < -0.39 is 18.0 Å². The van der Waals surface area contributed by atoms with Crippen molar-refractivity contribution in [3.05, 3.63) is 95.4 Å². The van der Waals surface area contributed by atoms with E-state index in [2.05, 4.69) is 12.6 Å². The van der Waals surface area contributed by atoms with Crippen LogP contribution in [-0.2, 0) is 19.1 Å². The van der Waals surface area contributed by atoms with Crippen LogP contribution in [0, 0.1) is 17.2 Å². The summed E-state index contributed by atoms with van der Waals surface area (Å²) in [7, 11) is 0. The van der Waals surface area contributed by atoms with E-state index >= 15 is 0 Å². The highest BCUT2D eigenvalue weighted by Gasteiger charge is 2.19.